The number of rotatable bonds is 4. The van der Waals surface area contributed by atoms with Crippen LogP contribution in [0.2, 0.25) is 0 Å². The van der Waals surface area contributed by atoms with Crippen molar-refractivity contribution in [3.05, 3.63) is 29.3 Å². The number of fused-ring (bicyclic) bond motifs is 1. The molecule has 1 aromatic carbocycles. The second-order valence-corrected chi connectivity index (χ2v) is 6.00. The number of hydrogen-bond acceptors (Lipinski definition) is 3. The van der Waals surface area contributed by atoms with E-state index in [-0.39, 0.29) is 0 Å². The van der Waals surface area contributed by atoms with Crippen LogP contribution in [0.4, 0.5) is 5.69 Å². The van der Waals surface area contributed by atoms with E-state index in [4.69, 9.17) is 4.74 Å². The summed E-state index contributed by atoms with van der Waals surface area (Å²) in [5, 5.41) is 3.39. The molecule has 2 unspecified atom stereocenters. The Bertz CT molecular complexity index is 460. The molecule has 0 bridgehead atoms. The Hall–Kier alpha value is -1.06. The van der Waals surface area contributed by atoms with Crippen LogP contribution in [0, 0.1) is 6.92 Å². The van der Waals surface area contributed by atoms with Crippen LogP contribution in [0.15, 0.2) is 18.2 Å². The maximum atomic E-state index is 5.92. The van der Waals surface area contributed by atoms with Crippen molar-refractivity contribution in [1.29, 1.82) is 0 Å². The molecule has 20 heavy (non-hydrogen) atoms. The summed E-state index contributed by atoms with van der Waals surface area (Å²) in [4.78, 5) is 2.59. The SMILES string of the molecule is CCNCc1ccc(N2CCOC3CCCC32)c(C)c1. The highest BCUT2D eigenvalue weighted by Crippen LogP contribution is 2.34. The summed E-state index contributed by atoms with van der Waals surface area (Å²) in [6, 6.07) is 7.51. The molecule has 1 aromatic rings. The number of morpholine rings is 1. The van der Waals surface area contributed by atoms with Crippen LogP contribution in [0.1, 0.15) is 37.3 Å². The minimum Gasteiger partial charge on any atom is -0.374 e. The summed E-state index contributed by atoms with van der Waals surface area (Å²) in [6.45, 7) is 8.29. The highest BCUT2D eigenvalue weighted by Gasteiger charge is 2.36. The molecular formula is C17H26N2O. The van der Waals surface area contributed by atoms with Gasteiger partial charge in [-0.15, -0.1) is 0 Å². The third-order valence-electron chi connectivity index (χ3n) is 4.63. The molecule has 0 radical (unpaired) electrons. The molecule has 0 spiro atoms. The van der Waals surface area contributed by atoms with E-state index < -0.39 is 0 Å². The van der Waals surface area contributed by atoms with Gasteiger partial charge in [-0.05, 0) is 49.9 Å². The summed E-state index contributed by atoms with van der Waals surface area (Å²) in [5.74, 6) is 0. The van der Waals surface area contributed by atoms with Crippen molar-refractivity contribution in [2.75, 3.05) is 24.6 Å². The molecule has 1 aliphatic heterocycles. The highest BCUT2D eigenvalue weighted by molar-refractivity contribution is 5.56. The Kier molecular flexibility index (Phi) is 4.27. The summed E-state index contributed by atoms with van der Waals surface area (Å²) in [6.07, 6.45) is 4.29. The van der Waals surface area contributed by atoms with Crippen LogP contribution in [-0.2, 0) is 11.3 Å². The van der Waals surface area contributed by atoms with Gasteiger partial charge in [0.25, 0.3) is 0 Å². The molecule has 1 saturated carbocycles. The van der Waals surface area contributed by atoms with Gasteiger partial charge in [0, 0.05) is 18.8 Å². The quantitative estimate of drug-likeness (QED) is 0.913. The molecule has 1 N–H and O–H groups in total. The molecular weight excluding hydrogens is 248 g/mol. The van der Waals surface area contributed by atoms with Crippen molar-refractivity contribution in [1.82, 2.24) is 5.32 Å². The first kappa shape index (κ1) is 13.9. The lowest BCUT2D eigenvalue weighted by atomic mass is 10.0. The molecule has 0 amide bonds. The van der Waals surface area contributed by atoms with Crippen molar-refractivity contribution in [3.63, 3.8) is 0 Å². The van der Waals surface area contributed by atoms with Crippen LogP contribution < -0.4 is 10.2 Å². The van der Waals surface area contributed by atoms with Crippen LogP contribution in [0.25, 0.3) is 0 Å². The average molecular weight is 274 g/mol. The van der Waals surface area contributed by atoms with Crippen LogP contribution in [-0.4, -0.2) is 31.8 Å². The molecule has 110 valence electrons. The fourth-order valence-electron chi connectivity index (χ4n) is 3.64. The van der Waals surface area contributed by atoms with Gasteiger partial charge in [-0.25, -0.2) is 0 Å². The van der Waals surface area contributed by atoms with Crippen molar-refractivity contribution >= 4 is 5.69 Å². The highest BCUT2D eigenvalue weighted by atomic mass is 16.5. The number of hydrogen-bond donors (Lipinski definition) is 1. The zero-order chi connectivity index (χ0) is 13.9. The fraction of sp³-hybridized carbons (Fsp3) is 0.647. The van der Waals surface area contributed by atoms with Crippen LogP contribution in [0.3, 0.4) is 0 Å². The molecule has 2 fully saturated rings. The number of nitrogens with zero attached hydrogens (tertiary/aromatic N) is 1. The number of anilines is 1. The number of benzene rings is 1. The first-order valence-corrected chi connectivity index (χ1v) is 7.98. The van der Waals surface area contributed by atoms with Crippen molar-refractivity contribution in [2.24, 2.45) is 0 Å². The second-order valence-electron chi connectivity index (χ2n) is 6.00. The third kappa shape index (κ3) is 2.70. The van der Waals surface area contributed by atoms with Gasteiger partial charge in [-0.1, -0.05) is 19.1 Å². The zero-order valence-electron chi connectivity index (χ0n) is 12.7. The smallest absolute Gasteiger partial charge is 0.0779 e. The minimum atomic E-state index is 0.463. The topological polar surface area (TPSA) is 24.5 Å². The maximum absolute atomic E-state index is 5.92. The zero-order valence-corrected chi connectivity index (χ0v) is 12.7. The molecule has 1 saturated heterocycles. The predicted molar refractivity (Wildman–Crippen MR) is 83.3 cm³/mol. The van der Waals surface area contributed by atoms with E-state index in [1.165, 1.54) is 36.1 Å². The Morgan fingerprint density at radius 3 is 3.05 bits per heavy atom. The van der Waals surface area contributed by atoms with E-state index in [1.54, 1.807) is 0 Å². The Morgan fingerprint density at radius 1 is 1.35 bits per heavy atom. The largest absolute Gasteiger partial charge is 0.374 e. The van der Waals surface area contributed by atoms with E-state index in [2.05, 4.69) is 42.3 Å². The number of aryl methyl sites for hydroxylation is 1. The molecule has 3 heteroatoms. The van der Waals surface area contributed by atoms with Gasteiger partial charge in [0.2, 0.25) is 0 Å². The fourth-order valence-corrected chi connectivity index (χ4v) is 3.64. The monoisotopic (exact) mass is 274 g/mol. The average Bonchev–Trinajstić information content (AvgIpc) is 2.94. The predicted octanol–water partition coefficient (Wildman–Crippen LogP) is 2.86. The van der Waals surface area contributed by atoms with Gasteiger partial charge in [0.15, 0.2) is 0 Å². The van der Waals surface area contributed by atoms with E-state index in [1.807, 2.05) is 0 Å². The van der Waals surface area contributed by atoms with Gasteiger partial charge in [-0.2, -0.15) is 0 Å². The molecule has 3 rings (SSSR count). The van der Waals surface area contributed by atoms with Crippen molar-refractivity contribution < 1.29 is 4.74 Å². The summed E-state index contributed by atoms with van der Waals surface area (Å²) >= 11 is 0. The minimum absolute atomic E-state index is 0.463. The first-order chi connectivity index (χ1) is 9.79. The van der Waals surface area contributed by atoms with Crippen LogP contribution in [0.5, 0.6) is 0 Å². The third-order valence-corrected chi connectivity index (χ3v) is 4.63. The molecule has 3 nitrogen and oxygen atoms in total. The lowest BCUT2D eigenvalue weighted by Gasteiger charge is -2.40. The lowest BCUT2D eigenvalue weighted by Crippen LogP contribution is -2.48. The second kappa shape index (κ2) is 6.15. The van der Waals surface area contributed by atoms with Gasteiger partial charge in [0.05, 0.1) is 18.8 Å². The van der Waals surface area contributed by atoms with Crippen molar-refractivity contribution in [3.8, 4) is 0 Å². The van der Waals surface area contributed by atoms with Crippen LogP contribution >= 0.6 is 0 Å². The van der Waals surface area contributed by atoms with E-state index in [0.29, 0.717) is 12.1 Å². The maximum Gasteiger partial charge on any atom is 0.0779 e. The summed E-state index contributed by atoms with van der Waals surface area (Å²) in [5.41, 5.74) is 4.18. The first-order valence-electron chi connectivity index (χ1n) is 7.98. The Labute approximate surface area is 122 Å². The lowest BCUT2D eigenvalue weighted by molar-refractivity contribution is 0.0256. The molecule has 0 aromatic heterocycles. The van der Waals surface area contributed by atoms with E-state index >= 15 is 0 Å². The van der Waals surface area contributed by atoms with E-state index in [0.717, 1.165) is 26.2 Å². The van der Waals surface area contributed by atoms with Gasteiger partial charge in [0.1, 0.15) is 0 Å². The standard InChI is InChI=1S/C17H26N2O/c1-3-18-12-14-7-8-15(13(2)11-14)19-9-10-20-17-6-4-5-16(17)19/h7-8,11,16-18H,3-6,9-10,12H2,1-2H3. The molecule has 1 aliphatic carbocycles. The molecule has 2 atom stereocenters. The number of ether oxygens (including phenoxy) is 1. The normalized spacial score (nSPS) is 25.8. The van der Waals surface area contributed by atoms with Gasteiger partial charge in [-0.3, -0.25) is 0 Å². The molecule has 1 heterocycles. The van der Waals surface area contributed by atoms with Gasteiger partial charge >= 0.3 is 0 Å². The number of nitrogens with one attached hydrogen (secondary N) is 1. The Balaban J connectivity index is 1.79. The van der Waals surface area contributed by atoms with E-state index in [9.17, 15) is 0 Å². The van der Waals surface area contributed by atoms with Gasteiger partial charge < -0.3 is 15.0 Å². The Morgan fingerprint density at radius 2 is 2.25 bits per heavy atom. The summed E-state index contributed by atoms with van der Waals surface area (Å²) < 4.78 is 5.92. The molecule has 2 aliphatic rings. The summed E-state index contributed by atoms with van der Waals surface area (Å²) in [7, 11) is 0. The van der Waals surface area contributed by atoms with Crippen molar-refractivity contribution in [2.45, 2.75) is 51.8 Å².